The molecular formula is C19H23N3OS. The van der Waals surface area contributed by atoms with E-state index in [-0.39, 0.29) is 11.9 Å². The van der Waals surface area contributed by atoms with E-state index in [4.69, 9.17) is 0 Å². The number of nitrogens with one attached hydrogen (secondary N) is 2. The fraction of sp³-hybridized carbons (Fsp3) is 0.316. The molecule has 0 aliphatic carbocycles. The van der Waals surface area contributed by atoms with E-state index >= 15 is 0 Å². The van der Waals surface area contributed by atoms with Gasteiger partial charge in [-0.3, -0.25) is 4.79 Å². The largest absolute Gasteiger partial charge is 0.351 e. The summed E-state index contributed by atoms with van der Waals surface area (Å²) in [6, 6.07) is 8.43. The first kappa shape index (κ1) is 16.7. The first-order valence-corrected chi connectivity index (χ1v) is 8.96. The van der Waals surface area contributed by atoms with Gasteiger partial charge in [0, 0.05) is 17.4 Å². The van der Waals surface area contributed by atoms with Crippen LogP contribution in [0.1, 0.15) is 33.2 Å². The Balaban J connectivity index is 1.76. The van der Waals surface area contributed by atoms with Crippen molar-refractivity contribution >= 4 is 28.1 Å². The molecule has 3 aromatic rings. The van der Waals surface area contributed by atoms with Gasteiger partial charge in [-0.1, -0.05) is 6.07 Å². The fourth-order valence-electron chi connectivity index (χ4n) is 3.07. The molecule has 0 fully saturated rings. The maximum Gasteiger partial charge on any atom is 0.267 e. The van der Waals surface area contributed by atoms with Crippen LogP contribution in [-0.2, 0) is 0 Å². The van der Waals surface area contributed by atoms with Gasteiger partial charge in [-0.25, -0.2) is 0 Å². The minimum atomic E-state index is -0.0645. The number of fused-ring (bicyclic) bond motifs is 1. The van der Waals surface area contributed by atoms with Gasteiger partial charge in [0.1, 0.15) is 5.69 Å². The van der Waals surface area contributed by atoms with E-state index in [9.17, 15) is 4.79 Å². The molecule has 3 rings (SSSR count). The number of carbonyl (C=O) groups excluding carboxylic acids is 1. The van der Waals surface area contributed by atoms with Crippen LogP contribution in [0.25, 0.3) is 10.9 Å². The van der Waals surface area contributed by atoms with Crippen molar-refractivity contribution in [2.24, 2.45) is 0 Å². The second-order valence-electron chi connectivity index (χ2n) is 6.47. The lowest BCUT2D eigenvalue weighted by atomic mass is 10.1. The van der Waals surface area contributed by atoms with Crippen molar-refractivity contribution in [1.29, 1.82) is 0 Å². The first-order chi connectivity index (χ1) is 11.5. The lowest BCUT2D eigenvalue weighted by Crippen LogP contribution is -2.34. The van der Waals surface area contributed by atoms with Crippen LogP contribution in [0, 0.1) is 13.8 Å². The Morgan fingerprint density at radius 2 is 2.08 bits per heavy atom. The van der Waals surface area contributed by atoms with E-state index in [1.807, 2.05) is 20.2 Å². The van der Waals surface area contributed by atoms with Crippen molar-refractivity contribution in [3.8, 4) is 0 Å². The number of aromatic nitrogens is 1. The fourth-order valence-corrected chi connectivity index (χ4v) is 3.78. The van der Waals surface area contributed by atoms with E-state index < -0.39 is 0 Å². The van der Waals surface area contributed by atoms with Gasteiger partial charge in [-0.15, -0.1) is 0 Å². The maximum atomic E-state index is 12.5. The van der Waals surface area contributed by atoms with Crippen LogP contribution in [0.3, 0.4) is 0 Å². The molecule has 2 N–H and O–H groups in total. The van der Waals surface area contributed by atoms with E-state index in [0.29, 0.717) is 12.2 Å². The van der Waals surface area contributed by atoms with Crippen LogP contribution in [0.2, 0.25) is 0 Å². The summed E-state index contributed by atoms with van der Waals surface area (Å²) in [4.78, 5) is 17.9. The number of amides is 1. The molecule has 24 heavy (non-hydrogen) atoms. The molecule has 5 heteroatoms. The van der Waals surface area contributed by atoms with Crippen LogP contribution >= 0.6 is 11.3 Å². The Morgan fingerprint density at radius 3 is 2.75 bits per heavy atom. The van der Waals surface area contributed by atoms with Crippen LogP contribution in [0.15, 0.2) is 35.0 Å². The summed E-state index contributed by atoms with van der Waals surface area (Å²) in [6.45, 7) is 4.72. The Labute approximate surface area is 146 Å². The monoisotopic (exact) mass is 341 g/mol. The Kier molecular flexibility index (Phi) is 4.73. The van der Waals surface area contributed by atoms with Crippen molar-refractivity contribution < 1.29 is 4.79 Å². The molecule has 4 nitrogen and oxygen atoms in total. The smallest absolute Gasteiger partial charge is 0.267 e. The number of H-pyrrole nitrogens is 1. The van der Waals surface area contributed by atoms with E-state index in [1.54, 1.807) is 11.3 Å². The van der Waals surface area contributed by atoms with Crippen molar-refractivity contribution in [3.63, 3.8) is 0 Å². The topological polar surface area (TPSA) is 48.1 Å². The number of hydrogen-bond acceptors (Lipinski definition) is 3. The number of benzene rings is 1. The molecule has 0 aliphatic rings. The highest BCUT2D eigenvalue weighted by atomic mass is 32.1. The summed E-state index contributed by atoms with van der Waals surface area (Å²) in [5.74, 6) is -0.0645. The summed E-state index contributed by atoms with van der Waals surface area (Å²) >= 11 is 1.68. The number of thiophene rings is 1. The summed E-state index contributed by atoms with van der Waals surface area (Å²) in [5, 5.41) is 8.36. The third-order valence-corrected chi connectivity index (χ3v) is 5.04. The highest BCUT2D eigenvalue weighted by molar-refractivity contribution is 7.07. The average molecular weight is 341 g/mol. The van der Waals surface area contributed by atoms with Crippen LogP contribution in [0.4, 0.5) is 0 Å². The van der Waals surface area contributed by atoms with Crippen molar-refractivity contribution in [2.75, 3.05) is 20.6 Å². The van der Waals surface area contributed by atoms with Gasteiger partial charge in [-0.05, 0) is 73.6 Å². The summed E-state index contributed by atoms with van der Waals surface area (Å²) in [7, 11) is 4.06. The van der Waals surface area contributed by atoms with Gasteiger partial charge in [0.05, 0.1) is 6.04 Å². The number of aryl methyl sites for hydroxylation is 2. The number of carbonyl (C=O) groups is 1. The molecule has 0 spiro atoms. The Morgan fingerprint density at radius 1 is 1.29 bits per heavy atom. The van der Waals surface area contributed by atoms with Gasteiger partial charge in [0.2, 0.25) is 0 Å². The molecule has 1 amide bonds. The van der Waals surface area contributed by atoms with E-state index in [0.717, 1.165) is 10.9 Å². The summed E-state index contributed by atoms with van der Waals surface area (Å²) < 4.78 is 0. The maximum absolute atomic E-state index is 12.5. The SMILES string of the molecule is Cc1cc(C)c2cc(C(=O)NCC(c3ccsc3)N(C)C)[nH]c2c1. The standard InChI is InChI=1S/C19H23N3OS/c1-12-7-13(2)15-9-17(21-16(15)8-12)19(23)20-10-18(22(3)4)14-5-6-24-11-14/h5-9,11,18,21H,10H2,1-4H3,(H,20,23). The predicted octanol–water partition coefficient (Wildman–Crippen LogP) is 3.88. The number of likely N-dealkylation sites (N-methyl/N-ethyl adjacent to an activating group) is 1. The van der Waals surface area contributed by atoms with Gasteiger partial charge >= 0.3 is 0 Å². The first-order valence-electron chi connectivity index (χ1n) is 8.02. The molecule has 0 bridgehead atoms. The van der Waals surface area contributed by atoms with Crippen molar-refractivity contribution in [3.05, 3.63) is 57.4 Å². The molecule has 1 unspecified atom stereocenters. The second-order valence-corrected chi connectivity index (χ2v) is 7.25. The highest BCUT2D eigenvalue weighted by Gasteiger charge is 2.17. The van der Waals surface area contributed by atoms with Gasteiger partial charge in [0.25, 0.3) is 5.91 Å². The van der Waals surface area contributed by atoms with E-state index in [1.165, 1.54) is 16.7 Å². The summed E-state index contributed by atoms with van der Waals surface area (Å²) in [6.07, 6.45) is 0. The lowest BCUT2D eigenvalue weighted by Gasteiger charge is -2.23. The second kappa shape index (κ2) is 6.79. The molecular weight excluding hydrogens is 318 g/mol. The molecule has 1 aromatic carbocycles. The van der Waals surface area contributed by atoms with Gasteiger partial charge < -0.3 is 15.2 Å². The van der Waals surface area contributed by atoms with Crippen molar-refractivity contribution in [2.45, 2.75) is 19.9 Å². The Bertz CT molecular complexity index is 849. The Hall–Kier alpha value is -2.11. The zero-order valence-corrected chi connectivity index (χ0v) is 15.3. The number of aromatic amines is 1. The van der Waals surface area contributed by atoms with Gasteiger partial charge in [0.15, 0.2) is 0 Å². The molecule has 0 radical (unpaired) electrons. The zero-order valence-electron chi connectivity index (χ0n) is 14.5. The number of nitrogens with zero attached hydrogens (tertiary/aromatic N) is 1. The number of rotatable bonds is 5. The third-order valence-electron chi connectivity index (χ3n) is 4.34. The van der Waals surface area contributed by atoms with Crippen LogP contribution in [0.5, 0.6) is 0 Å². The average Bonchev–Trinajstić information content (AvgIpc) is 3.16. The molecule has 2 heterocycles. The normalized spacial score (nSPS) is 12.7. The summed E-state index contributed by atoms with van der Waals surface area (Å²) in [5.41, 5.74) is 5.23. The van der Waals surface area contributed by atoms with Crippen LogP contribution < -0.4 is 5.32 Å². The van der Waals surface area contributed by atoms with Gasteiger partial charge in [-0.2, -0.15) is 11.3 Å². The highest BCUT2D eigenvalue weighted by Crippen LogP contribution is 2.22. The number of hydrogen-bond donors (Lipinski definition) is 2. The lowest BCUT2D eigenvalue weighted by molar-refractivity contribution is 0.0938. The quantitative estimate of drug-likeness (QED) is 0.740. The molecule has 126 valence electrons. The minimum absolute atomic E-state index is 0.0645. The molecule has 0 saturated heterocycles. The van der Waals surface area contributed by atoms with Crippen LogP contribution in [-0.4, -0.2) is 36.4 Å². The molecule has 0 saturated carbocycles. The third kappa shape index (κ3) is 3.37. The predicted molar refractivity (Wildman–Crippen MR) is 101 cm³/mol. The minimum Gasteiger partial charge on any atom is -0.351 e. The zero-order chi connectivity index (χ0) is 17.3. The molecule has 0 aliphatic heterocycles. The van der Waals surface area contributed by atoms with Crippen molar-refractivity contribution in [1.82, 2.24) is 15.2 Å². The molecule has 2 aromatic heterocycles. The molecule has 1 atom stereocenters. The van der Waals surface area contributed by atoms with E-state index in [2.05, 4.69) is 58.0 Å².